The van der Waals surface area contributed by atoms with Gasteiger partial charge >= 0.3 is 5.97 Å². The Morgan fingerprint density at radius 2 is 1.59 bits per heavy atom. The molecule has 0 heterocycles. The van der Waals surface area contributed by atoms with Crippen LogP contribution in [0.25, 0.3) is 11.1 Å². The van der Waals surface area contributed by atoms with Crippen LogP contribution in [0.3, 0.4) is 0 Å². The molecule has 0 atom stereocenters. The van der Waals surface area contributed by atoms with Crippen molar-refractivity contribution in [1.82, 2.24) is 0 Å². The monoisotopic (exact) mass is 545 g/mol. The molecule has 0 saturated carbocycles. The fraction of sp³-hybridized carbons (Fsp3) is 0.296. The number of benzene rings is 3. The predicted octanol–water partition coefficient (Wildman–Crippen LogP) is 4.25. The van der Waals surface area contributed by atoms with E-state index in [2.05, 4.69) is 11.4 Å². The molecule has 0 saturated heterocycles. The number of hydrogen-bond donors (Lipinski definition) is 2. The molecule has 10 heteroatoms. The average molecular weight is 546 g/mol. The molecule has 0 aliphatic rings. The lowest BCUT2D eigenvalue weighted by Crippen LogP contribution is -2.15. The Hall–Kier alpha value is -3.37. The smallest absolute Gasteiger partial charge is 0.319 e. The van der Waals surface area contributed by atoms with Crippen molar-refractivity contribution in [2.24, 2.45) is 0 Å². The Bertz CT molecular complexity index is 1460. The minimum absolute atomic E-state index is 0.0313. The van der Waals surface area contributed by atoms with E-state index in [-0.39, 0.29) is 10.6 Å². The molecular weight excluding hydrogens is 514 g/mol. The molecule has 3 rings (SSSR count). The number of carboxylic acid groups (broad SMARTS) is 1. The van der Waals surface area contributed by atoms with Gasteiger partial charge in [0.25, 0.3) is 0 Å². The molecular formula is C27H31NO7S2. The summed E-state index contributed by atoms with van der Waals surface area (Å²) in [7, 11) is -6.87. The second-order valence-electron chi connectivity index (χ2n) is 9.00. The van der Waals surface area contributed by atoms with Gasteiger partial charge in [0.15, 0.2) is 15.6 Å². The van der Waals surface area contributed by atoms with Crippen molar-refractivity contribution < 1.29 is 31.5 Å². The Balaban J connectivity index is 1.68. The Labute approximate surface area is 218 Å². The first kappa shape index (κ1) is 28.2. The lowest BCUT2D eigenvalue weighted by molar-refractivity contribution is -0.134. The van der Waals surface area contributed by atoms with Crippen LogP contribution in [0.1, 0.15) is 23.1 Å². The zero-order chi connectivity index (χ0) is 27.2. The van der Waals surface area contributed by atoms with Crippen LogP contribution in [0.15, 0.2) is 65.6 Å². The highest BCUT2D eigenvalue weighted by molar-refractivity contribution is 7.92. The summed E-state index contributed by atoms with van der Waals surface area (Å²) in [5.74, 6) is -1.53. The number of carbonyl (C=O) groups is 1. The third-order valence-electron chi connectivity index (χ3n) is 5.67. The van der Waals surface area contributed by atoms with Gasteiger partial charge in [-0.25, -0.2) is 16.8 Å². The molecule has 0 aromatic heterocycles. The normalized spacial score (nSPS) is 11.8. The molecule has 0 fully saturated rings. The van der Waals surface area contributed by atoms with Crippen LogP contribution in [0.5, 0.6) is 5.75 Å². The van der Waals surface area contributed by atoms with Crippen LogP contribution >= 0.6 is 0 Å². The van der Waals surface area contributed by atoms with Gasteiger partial charge in [-0.05, 0) is 90.6 Å². The van der Waals surface area contributed by atoms with Crippen LogP contribution in [-0.4, -0.2) is 52.3 Å². The summed E-state index contributed by atoms with van der Waals surface area (Å²) in [4.78, 5) is 10.7. The van der Waals surface area contributed by atoms with E-state index in [1.165, 1.54) is 18.4 Å². The van der Waals surface area contributed by atoms with Crippen molar-refractivity contribution in [3.05, 3.63) is 77.4 Å². The lowest BCUT2D eigenvalue weighted by Gasteiger charge is -2.15. The van der Waals surface area contributed by atoms with E-state index in [1.54, 1.807) is 12.1 Å². The van der Waals surface area contributed by atoms with E-state index in [0.717, 1.165) is 27.8 Å². The standard InChI is InChI=1S/C27H31NO7S2/c1-19-14-24(35-12-5-13-36(3,31)32)15-20(2)27(19)22-7-4-6-21(16-22)17-28-23-8-10-25(11-9-23)37(33,34)18-26(29)30/h4,6-11,14-16,28H,5,12-13,17-18H2,1-3H3,(H,29,30). The molecule has 2 N–H and O–H groups in total. The predicted molar refractivity (Wildman–Crippen MR) is 145 cm³/mol. The van der Waals surface area contributed by atoms with Gasteiger partial charge in [-0.15, -0.1) is 0 Å². The molecule has 0 bridgehead atoms. The lowest BCUT2D eigenvalue weighted by atomic mass is 9.94. The fourth-order valence-electron chi connectivity index (χ4n) is 4.04. The van der Waals surface area contributed by atoms with Gasteiger partial charge in [0.05, 0.1) is 17.3 Å². The molecule has 8 nitrogen and oxygen atoms in total. The van der Waals surface area contributed by atoms with Crippen molar-refractivity contribution in [2.45, 2.75) is 31.7 Å². The molecule has 3 aromatic rings. The third kappa shape index (κ3) is 8.33. The summed E-state index contributed by atoms with van der Waals surface area (Å²) >= 11 is 0. The highest BCUT2D eigenvalue weighted by atomic mass is 32.2. The zero-order valence-electron chi connectivity index (χ0n) is 21.0. The number of anilines is 1. The number of aryl methyl sites for hydroxylation is 2. The summed E-state index contributed by atoms with van der Waals surface area (Å²) < 4.78 is 52.5. The second-order valence-corrected chi connectivity index (χ2v) is 13.2. The van der Waals surface area contributed by atoms with Gasteiger partial charge < -0.3 is 15.2 Å². The number of nitrogens with one attached hydrogen (secondary N) is 1. The van der Waals surface area contributed by atoms with Crippen LogP contribution < -0.4 is 10.1 Å². The van der Waals surface area contributed by atoms with Crippen LogP contribution in [0.4, 0.5) is 5.69 Å². The molecule has 0 amide bonds. The van der Waals surface area contributed by atoms with E-state index in [1.807, 2.05) is 44.2 Å². The van der Waals surface area contributed by atoms with Crippen LogP contribution in [0, 0.1) is 13.8 Å². The molecule has 3 aromatic carbocycles. The number of rotatable bonds is 12. The Morgan fingerprint density at radius 1 is 0.946 bits per heavy atom. The number of carboxylic acids is 1. The van der Waals surface area contributed by atoms with Gasteiger partial charge in [0.1, 0.15) is 15.6 Å². The summed E-state index contributed by atoms with van der Waals surface area (Å²) in [5, 5.41) is 12.0. The fourth-order valence-corrected chi connectivity index (χ4v) is 5.73. The van der Waals surface area contributed by atoms with Crippen molar-refractivity contribution >= 4 is 31.3 Å². The minimum atomic E-state index is -3.86. The van der Waals surface area contributed by atoms with Gasteiger partial charge in [0.2, 0.25) is 0 Å². The van der Waals surface area contributed by atoms with Gasteiger partial charge in [-0.1, -0.05) is 18.2 Å². The number of sulfone groups is 2. The first-order chi connectivity index (χ1) is 17.3. The van der Waals surface area contributed by atoms with Crippen LogP contribution in [0.2, 0.25) is 0 Å². The van der Waals surface area contributed by atoms with Gasteiger partial charge in [-0.3, -0.25) is 4.79 Å². The van der Waals surface area contributed by atoms with Crippen molar-refractivity contribution in [2.75, 3.05) is 29.7 Å². The Kier molecular flexibility index (Phi) is 8.98. The molecule has 0 aliphatic heterocycles. The van der Waals surface area contributed by atoms with Gasteiger partial charge in [-0.2, -0.15) is 0 Å². The molecule has 37 heavy (non-hydrogen) atoms. The maximum atomic E-state index is 12.1. The van der Waals surface area contributed by atoms with E-state index >= 15 is 0 Å². The number of aliphatic carboxylic acids is 1. The summed E-state index contributed by atoms with van der Waals surface area (Å²) in [6.07, 6.45) is 1.65. The minimum Gasteiger partial charge on any atom is -0.494 e. The summed E-state index contributed by atoms with van der Waals surface area (Å²) in [5.41, 5.74) is 5.97. The van der Waals surface area contributed by atoms with Crippen molar-refractivity contribution in [3.8, 4) is 16.9 Å². The van der Waals surface area contributed by atoms with Crippen molar-refractivity contribution in [1.29, 1.82) is 0 Å². The van der Waals surface area contributed by atoms with E-state index < -0.39 is 31.4 Å². The highest BCUT2D eigenvalue weighted by Gasteiger charge is 2.18. The maximum absolute atomic E-state index is 12.1. The van der Waals surface area contributed by atoms with Crippen LogP contribution in [-0.2, 0) is 31.0 Å². The van der Waals surface area contributed by atoms with E-state index in [9.17, 15) is 21.6 Å². The largest absolute Gasteiger partial charge is 0.494 e. The maximum Gasteiger partial charge on any atom is 0.319 e. The van der Waals surface area contributed by atoms with Gasteiger partial charge in [0, 0.05) is 18.5 Å². The Morgan fingerprint density at radius 3 is 2.19 bits per heavy atom. The first-order valence-corrected chi connectivity index (χ1v) is 15.3. The molecule has 0 aliphatic carbocycles. The summed E-state index contributed by atoms with van der Waals surface area (Å²) in [6.45, 7) is 4.86. The van der Waals surface area contributed by atoms with E-state index in [0.29, 0.717) is 31.0 Å². The van der Waals surface area contributed by atoms with E-state index in [4.69, 9.17) is 9.84 Å². The molecule has 0 radical (unpaired) electrons. The topological polar surface area (TPSA) is 127 Å². The molecule has 0 unspecified atom stereocenters. The zero-order valence-corrected chi connectivity index (χ0v) is 22.7. The highest BCUT2D eigenvalue weighted by Crippen LogP contribution is 2.32. The summed E-state index contributed by atoms with van der Waals surface area (Å²) in [6, 6.07) is 18.0. The number of ether oxygens (including phenoxy) is 1. The quantitative estimate of drug-likeness (QED) is 0.323. The molecule has 198 valence electrons. The number of hydrogen-bond acceptors (Lipinski definition) is 7. The van der Waals surface area contributed by atoms with Crippen molar-refractivity contribution in [3.63, 3.8) is 0 Å². The SMILES string of the molecule is Cc1cc(OCCCS(C)(=O)=O)cc(C)c1-c1cccc(CNc2ccc(S(=O)(=O)CC(=O)O)cc2)c1. The first-order valence-electron chi connectivity index (χ1n) is 11.6. The third-order valence-corrected chi connectivity index (χ3v) is 8.32. The second kappa shape index (κ2) is 11.8. The average Bonchev–Trinajstić information content (AvgIpc) is 2.79. The molecule has 0 spiro atoms.